The minimum absolute atomic E-state index is 0. The van der Waals surface area contributed by atoms with E-state index in [0.29, 0.717) is 24.7 Å². The zero-order chi connectivity index (χ0) is 16.7. The first-order chi connectivity index (χ1) is 11.1. The van der Waals surface area contributed by atoms with Gasteiger partial charge in [-0.1, -0.05) is 26.0 Å². The molecule has 2 aromatic rings. The number of halogens is 1. The van der Waals surface area contributed by atoms with E-state index in [4.69, 9.17) is 4.74 Å². The molecule has 0 saturated carbocycles. The molecule has 0 radical (unpaired) electrons. The van der Waals surface area contributed by atoms with Crippen LogP contribution in [0.15, 0.2) is 24.3 Å². The number of carbonyl (C=O) groups excluding carboxylic acids is 1. The molecule has 0 unspecified atom stereocenters. The van der Waals surface area contributed by atoms with E-state index in [9.17, 15) is 4.79 Å². The third-order valence-corrected chi connectivity index (χ3v) is 3.26. The number of nitrogens with zero attached hydrogens (tertiary/aromatic N) is 2. The molecule has 0 saturated heterocycles. The molecule has 2 rings (SSSR count). The van der Waals surface area contributed by atoms with Crippen molar-refractivity contribution >= 4 is 24.0 Å². The molecule has 3 N–H and O–H groups in total. The largest absolute Gasteiger partial charge is 0.383 e. The summed E-state index contributed by atoms with van der Waals surface area (Å²) in [6.45, 7) is 5.51. The summed E-state index contributed by atoms with van der Waals surface area (Å²) in [5.41, 5.74) is 1.49. The summed E-state index contributed by atoms with van der Waals surface area (Å²) >= 11 is 0. The van der Waals surface area contributed by atoms with Crippen LogP contribution in [0.3, 0.4) is 0 Å². The number of methoxy groups -OCH3 is 1. The summed E-state index contributed by atoms with van der Waals surface area (Å²) in [6, 6.07) is 7.50. The lowest BCUT2D eigenvalue weighted by Gasteiger charge is -2.09. The second-order valence-electron chi connectivity index (χ2n) is 5.46. The minimum atomic E-state index is -0.117. The van der Waals surface area contributed by atoms with Crippen molar-refractivity contribution < 1.29 is 9.53 Å². The van der Waals surface area contributed by atoms with Gasteiger partial charge in [-0.2, -0.15) is 5.10 Å². The van der Waals surface area contributed by atoms with Gasteiger partial charge in [0.25, 0.3) is 0 Å². The second-order valence-corrected chi connectivity index (χ2v) is 5.46. The van der Waals surface area contributed by atoms with Gasteiger partial charge in [-0.3, -0.25) is 9.89 Å². The molecule has 0 atom stereocenters. The molecule has 0 spiro atoms. The van der Waals surface area contributed by atoms with Crippen LogP contribution in [0.25, 0.3) is 11.4 Å². The Kier molecular flexibility index (Phi) is 8.39. The third kappa shape index (κ3) is 5.59. The van der Waals surface area contributed by atoms with E-state index in [-0.39, 0.29) is 30.8 Å². The van der Waals surface area contributed by atoms with Crippen LogP contribution in [0.2, 0.25) is 0 Å². The first-order valence-corrected chi connectivity index (χ1v) is 7.63. The van der Waals surface area contributed by atoms with Crippen LogP contribution >= 0.6 is 12.4 Å². The average Bonchev–Trinajstić information content (AvgIpc) is 3.02. The number of benzene rings is 1. The fourth-order valence-corrected chi connectivity index (χ4v) is 2.01. The minimum Gasteiger partial charge on any atom is -0.383 e. The van der Waals surface area contributed by atoms with E-state index in [2.05, 4.69) is 25.8 Å². The summed E-state index contributed by atoms with van der Waals surface area (Å²) in [5.74, 6) is 1.55. The fourth-order valence-electron chi connectivity index (χ4n) is 2.01. The number of aromatic amines is 1. The smallest absolute Gasteiger partial charge is 0.238 e. The van der Waals surface area contributed by atoms with Crippen LogP contribution < -0.4 is 10.6 Å². The number of amides is 1. The first kappa shape index (κ1) is 20.1. The predicted octanol–water partition coefficient (Wildman–Crippen LogP) is 2.19. The van der Waals surface area contributed by atoms with Gasteiger partial charge in [0.15, 0.2) is 5.82 Å². The van der Waals surface area contributed by atoms with Gasteiger partial charge in [0.1, 0.15) is 5.82 Å². The van der Waals surface area contributed by atoms with E-state index < -0.39 is 0 Å². The number of ether oxygens (including phenoxy) is 1. The Morgan fingerprint density at radius 3 is 2.75 bits per heavy atom. The van der Waals surface area contributed by atoms with Gasteiger partial charge in [0.2, 0.25) is 5.91 Å². The van der Waals surface area contributed by atoms with E-state index in [0.717, 1.165) is 11.4 Å². The maximum atomic E-state index is 12.0. The van der Waals surface area contributed by atoms with Crippen LogP contribution in [-0.4, -0.2) is 47.9 Å². The highest BCUT2D eigenvalue weighted by Gasteiger charge is 2.13. The Morgan fingerprint density at radius 1 is 1.33 bits per heavy atom. The van der Waals surface area contributed by atoms with E-state index >= 15 is 0 Å². The number of hydrogen-bond acceptors (Lipinski definition) is 5. The fraction of sp³-hybridized carbons (Fsp3) is 0.438. The topological polar surface area (TPSA) is 91.9 Å². The van der Waals surface area contributed by atoms with E-state index in [1.807, 2.05) is 38.1 Å². The quantitative estimate of drug-likeness (QED) is 0.633. The van der Waals surface area contributed by atoms with Gasteiger partial charge in [-0.25, -0.2) is 4.98 Å². The maximum absolute atomic E-state index is 12.0. The van der Waals surface area contributed by atoms with Crippen molar-refractivity contribution in [1.82, 2.24) is 20.5 Å². The zero-order valence-electron chi connectivity index (χ0n) is 14.1. The lowest BCUT2D eigenvalue weighted by Crippen LogP contribution is -2.30. The molecule has 0 aliphatic rings. The first-order valence-electron chi connectivity index (χ1n) is 7.63. The standard InChI is InChI=1S/C16H23N5O2.ClH/c1-11(2)15-19-16(21-20-15)12-6-4-5-7-13(12)18-14(22)10-17-8-9-23-3;/h4-7,11,17H,8-10H2,1-3H3,(H,18,22)(H,19,20,21);1H. The van der Waals surface area contributed by atoms with Gasteiger partial charge in [0, 0.05) is 25.1 Å². The van der Waals surface area contributed by atoms with Gasteiger partial charge >= 0.3 is 0 Å². The Morgan fingerprint density at radius 2 is 2.08 bits per heavy atom. The van der Waals surface area contributed by atoms with E-state index in [1.165, 1.54) is 0 Å². The monoisotopic (exact) mass is 353 g/mol. The summed E-state index contributed by atoms with van der Waals surface area (Å²) in [7, 11) is 1.63. The lowest BCUT2D eigenvalue weighted by molar-refractivity contribution is -0.115. The third-order valence-electron chi connectivity index (χ3n) is 3.26. The van der Waals surface area contributed by atoms with Crippen LogP contribution in [0.1, 0.15) is 25.6 Å². The second kappa shape index (κ2) is 10.0. The number of nitrogens with one attached hydrogen (secondary N) is 3. The summed E-state index contributed by atoms with van der Waals surface area (Å²) in [5, 5.41) is 13.1. The molecular formula is C16H24ClN5O2. The molecule has 1 aromatic heterocycles. The summed E-state index contributed by atoms with van der Waals surface area (Å²) < 4.78 is 4.93. The Bertz CT molecular complexity index is 645. The molecule has 0 bridgehead atoms. The number of hydrogen-bond donors (Lipinski definition) is 3. The number of rotatable bonds is 8. The summed E-state index contributed by atoms with van der Waals surface area (Å²) in [6.07, 6.45) is 0. The molecular weight excluding hydrogens is 330 g/mol. The van der Waals surface area contributed by atoms with Gasteiger partial charge < -0.3 is 15.4 Å². The zero-order valence-corrected chi connectivity index (χ0v) is 14.9. The highest BCUT2D eigenvalue weighted by molar-refractivity contribution is 5.95. The van der Waals surface area contributed by atoms with E-state index in [1.54, 1.807) is 7.11 Å². The molecule has 0 fully saturated rings. The van der Waals surface area contributed by atoms with Crippen molar-refractivity contribution in [1.29, 1.82) is 0 Å². The van der Waals surface area contributed by atoms with Crippen molar-refractivity contribution in [2.24, 2.45) is 0 Å². The molecule has 1 heterocycles. The lowest BCUT2D eigenvalue weighted by atomic mass is 10.1. The van der Waals surface area contributed by atoms with Gasteiger partial charge in [0.05, 0.1) is 18.8 Å². The van der Waals surface area contributed by atoms with Crippen molar-refractivity contribution in [2.75, 3.05) is 32.1 Å². The Hall–Kier alpha value is -1.96. The maximum Gasteiger partial charge on any atom is 0.238 e. The molecule has 24 heavy (non-hydrogen) atoms. The Labute approximate surface area is 148 Å². The van der Waals surface area contributed by atoms with Crippen molar-refractivity contribution in [2.45, 2.75) is 19.8 Å². The van der Waals surface area contributed by atoms with Gasteiger partial charge in [-0.15, -0.1) is 12.4 Å². The molecule has 132 valence electrons. The highest BCUT2D eigenvalue weighted by Crippen LogP contribution is 2.25. The molecule has 0 aliphatic carbocycles. The highest BCUT2D eigenvalue weighted by atomic mass is 35.5. The SMILES string of the molecule is COCCNCC(=O)Nc1ccccc1-c1n[nH]c(C(C)C)n1.Cl. The molecule has 7 nitrogen and oxygen atoms in total. The van der Waals surface area contributed by atoms with Crippen molar-refractivity contribution in [3.63, 3.8) is 0 Å². The molecule has 1 amide bonds. The number of para-hydroxylation sites is 1. The van der Waals surface area contributed by atoms with Crippen LogP contribution in [0, 0.1) is 0 Å². The number of anilines is 1. The molecule has 8 heteroatoms. The van der Waals surface area contributed by atoms with Crippen molar-refractivity contribution in [3.05, 3.63) is 30.1 Å². The average molecular weight is 354 g/mol. The van der Waals surface area contributed by atoms with Crippen LogP contribution in [0.4, 0.5) is 5.69 Å². The number of aromatic nitrogens is 3. The summed E-state index contributed by atoms with van der Waals surface area (Å²) in [4.78, 5) is 16.5. The van der Waals surface area contributed by atoms with Crippen LogP contribution in [-0.2, 0) is 9.53 Å². The predicted molar refractivity (Wildman–Crippen MR) is 96.5 cm³/mol. The molecule has 1 aromatic carbocycles. The van der Waals surface area contributed by atoms with Crippen molar-refractivity contribution in [3.8, 4) is 11.4 Å². The van der Waals surface area contributed by atoms with Crippen LogP contribution in [0.5, 0.6) is 0 Å². The molecule has 0 aliphatic heterocycles. The van der Waals surface area contributed by atoms with Gasteiger partial charge in [-0.05, 0) is 12.1 Å². The number of H-pyrrole nitrogens is 1. The Balaban J connectivity index is 0.00000288. The number of carbonyl (C=O) groups is 1. The normalized spacial score (nSPS) is 10.5.